The summed E-state index contributed by atoms with van der Waals surface area (Å²) in [5.41, 5.74) is 2.88. The van der Waals surface area contributed by atoms with Crippen molar-refractivity contribution in [3.63, 3.8) is 0 Å². The molecule has 0 bridgehead atoms. The molecule has 0 saturated carbocycles. The molecule has 0 spiro atoms. The molecule has 1 aliphatic rings. The van der Waals surface area contributed by atoms with Crippen LogP contribution in [0.2, 0.25) is 0 Å². The van der Waals surface area contributed by atoms with Crippen molar-refractivity contribution in [3.05, 3.63) is 36.3 Å². The summed E-state index contributed by atoms with van der Waals surface area (Å²) in [6.07, 6.45) is 9.10. The minimum absolute atomic E-state index is 0.507. The largest absolute Gasteiger partial charge is 0.430 e. The van der Waals surface area contributed by atoms with Crippen molar-refractivity contribution in [1.82, 2.24) is 0 Å². The van der Waals surface area contributed by atoms with Crippen LogP contribution < -0.4 is 4.99 Å². The van der Waals surface area contributed by atoms with E-state index >= 15 is 0 Å². The number of allylic oxidation sites excluding steroid dienone is 2. The lowest BCUT2D eigenvalue weighted by Crippen LogP contribution is -2.73. The molecule has 1 heterocycles. The second kappa shape index (κ2) is 7.10. The fourth-order valence-electron chi connectivity index (χ4n) is 2.40. The first kappa shape index (κ1) is 14.6. The molecule has 0 aromatic carbocycles. The van der Waals surface area contributed by atoms with Crippen molar-refractivity contribution in [3.8, 4) is 0 Å². The van der Waals surface area contributed by atoms with E-state index in [0.717, 1.165) is 25.1 Å². The van der Waals surface area contributed by atoms with Crippen LogP contribution in [-0.2, 0) is 0 Å². The number of rotatable bonds is 2. The van der Waals surface area contributed by atoms with Crippen molar-refractivity contribution in [2.45, 2.75) is 47.0 Å². The highest BCUT2D eigenvalue weighted by Gasteiger charge is 2.10. The molecular formula is C16H25N2-. The average molecular weight is 245 g/mol. The Balaban J connectivity index is 3.05. The maximum Gasteiger partial charge on any atom is 0.0877 e. The van der Waals surface area contributed by atoms with Gasteiger partial charge in [-0.15, -0.1) is 0 Å². The second-order valence-corrected chi connectivity index (χ2v) is 4.81. The monoisotopic (exact) mass is 245 g/mol. The number of nitrogens with zero attached hydrogens (tertiary/aromatic N) is 1. The van der Waals surface area contributed by atoms with Gasteiger partial charge < -0.3 is 11.4 Å². The molecule has 1 aliphatic heterocycles. The molecule has 1 atom stereocenters. The average Bonchev–Trinajstić information content (AvgIpc) is 2.40. The van der Waals surface area contributed by atoms with Gasteiger partial charge in [0.1, 0.15) is 0 Å². The van der Waals surface area contributed by atoms with Gasteiger partial charge in [0, 0.05) is 5.84 Å². The summed E-state index contributed by atoms with van der Waals surface area (Å²) in [5.74, 6) is 1.47. The van der Waals surface area contributed by atoms with Gasteiger partial charge >= 0.3 is 0 Å². The lowest BCUT2D eigenvalue weighted by molar-refractivity contribution is -0.441. The minimum Gasteiger partial charge on any atom is -0.430 e. The number of hydrogen-bond acceptors (Lipinski definition) is 1. The Labute approximate surface area is 112 Å². The lowest BCUT2D eigenvalue weighted by atomic mass is 9.89. The minimum atomic E-state index is 0.507. The van der Waals surface area contributed by atoms with Crippen LogP contribution in [-0.4, -0.2) is 12.1 Å². The van der Waals surface area contributed by atoms with E-state index in [1.807, 2.05) is 19.2 Å². The Morgan fingerprint density at radius 3 is 2.89 bits per heavy atom. The molecule has 0 saturated heterocycles. The van der Waals surface area contributed by atoms with Crippen molar-refractivity contribution in [2.24, 2.45) is 10.9 Å². The molecular weight excluding hydrogens is 220 g/mol. The van der Waals surface area contributed by atoms with E-state index in [0.29, 0.717) is 5.92 Å². The Kier molecular flexibility index (Phi) is 5.76. The van der Waals surface area contributed by atoms with Gasteiger partial charge in [0.2, 0.25) is 0 Å². The predicted molar refractivity (Wildman–Crippen MR) is 79.3 cm³/mol. The quantitative estimate of drug-likeness (QED) is 0.572. The molecule has 0 aliphatic carbocycles. The smallest absolute Gasteiger partial charge is 0.0877 e. The van der Waals surface area contributed by atoms with Gasteiger partial charge in [-0.1, -0.05) is 50.6 Å². The number of nitrogens with one attached hydrogen (secondary N) is 1. The zero-order valence-corrected chi connectivity index (χ0v) is 12.1. The predicted octanol–water partition coefficient (Wildman–Crippen LogP) is 2.63. The third-order valence-corrected chi connectivity index (χ3v) is 3.34. The molecule has 1 N–H and O–H groups in total. The van der Waals surface area contributed by atoms with Crippen LogP contribution in [0, 0.1) is 18.4 Å². The van der Waals surface area contributed by atoms with Crippen LogP contribution >= 0.6 is 0 Å². The SMILES string of the molecule is C=CC1=C(CC)C[C-](C)[NH+]=C(N=CC)[CH-]CC1C. The van der Waals surface area contributed by atoms with E-state index in [4.69, 9.17) is 0 Å². The molecule has 2 nitrogen and oxygen atoms in total. The summed E-state index contributed by atoms with van der Waals surface area (Å²) in [6, 6.07) is 1.25. The van der Waals surface area contributed by atoms with Crippen LogP contribution in [0.15, 0.2) is 28.8 Å². The lowest BCUT2D eigenvalue weighted by Gasteiger charge is -2.22. The highest BCUT2D eigenvalue weighted by atomic mass is 14.9. The van der Waals surface area contributed by atoms with Crippen LogP contribution in [0.5, 0.6) is 0 Å². The third kappa shape index (κ3) is 3.80. The van der Waals surface area contributed by atoms with Crippen molar-refractivity contribution in [1.29, 1.82) is 0 Å². The Hall–Kier alpha value is -1.44. The Bertz CT molecular complexity index is 375. The molecule has 0 aromatic heterocycles. The molecule has 0 aromatic rings. The molecule has 0 amide bonds. The standard InChI is InChI=1S/C16H25N2/c1-6-14-11-13(5)18-16(17-8-3)10-9-12(4)15(14)7-2/h7-8,10,12,18H,2,6,9,11H2,1,3-5H3/q-1. The molecule has 0 radical (unpaired) electrons. The van der Waals surface area contributed by atoms with E-state index in [1.54, 1.807) is 0 Å². The highest BCUT2D eigenvalue weighted by Crippen LogP contribution is 2.26. The maximum atomic E-state index is 4.37. The van der Waals surface area contributed by atoms with Crippen LogP contribution in [0.25, 0.3) is 0 Å². The fourth-order valence-corrected chi connectivity index (χ4v) is 2.40. The van der Waals surface area contributed by atoms with E-state index in [-0.39, 0.29) is 0 Å². The molecule has 1 rings (SSSR count). The summed E-state index contributed by atoms with van der Waals surface area (Å²) in [7, 11) is 0. The van der Waals surface area contributed by atoms with Crippen LogP contribution in [0.3, 0.4) is 0 Å². The Morgan fingerprint density at radius 1 is 1.61 bits per heavy atom. The van der Waals surface area contributed by atoms with E-state index < -0.39 is 0 Å². The van der Waals surface area contributed by atoms with Crippen molar-refractivity contribution in [2.75, 3.05) is 0 Å². The van der Waals surface area contributed by atoms with Crippen molar-refractivity contribution < 1.29 is 4.99 Å². The van der Waals surface area contributed by atoms with Gasteiger partial charge in [-0.2, -0.15) is 11.4 Å². The summed E-state index contributed by atoms with van der Waals surface area (Å²) in [5, 5.41) is 0. The number of aliphatic imine (C=N–C) groups is 1. The fraction of sp³-hybridized carbons (Fsp3) is 0.500. The zero-order chi connectivity index (χ0) is 13.5. The Morgan fingerprint density at radius 2 is 2.33 bits per heavy atom. The normalized spacial score (nSPS) is 22.1. The van der Waals surface area contributed by atoms with E-state index in [9.17, 15) is 0 Å². The van der Waals surface area contributed by atoms with Gasteiger partial charge in [0.25, 0.3) is 0 Å². The van der Waals surface area contributed by atoms with E-state index in [2.05, 4.69) is 43.8 Å². The van der Waals surface area contributed by atoms with Gasteiger partial charge in [0.15, 0.2) is 0 Å². The zero-order valence-electron chi connectivity index (χ0n) is 12.1. The van der Waals surface area contributed by atoms with Crippen LogP contribution in [0.1, 0.15) is 47.0 Å². The molecule has 100 valence electrons. The van der Waals surface area contributed by atoms with Gasteiger partial charge in [-0.25, -0.2) is 0 Å². The van der Waals surface area contributed by atoms with Crippen LogP contribution in [0.4, 0.5) is 0 Å². The third-order valence-electron chi connectivity index (χ3n) is 3.34. The van der Waals surface area contributed by atoms with Gasteiger partial charge in [-0.3, -0.25) is 0 Å². The van der Waals surface area contributed by atoms with Crippen molar-refractivity contribution >= 4 is 12.1 Å². The molecule has 2 heteroatoms. The summed E-state index contributed by atoms with van der Waals surface area (Å²) in [6.45, 7) is 12.5. The highest BCUT2D eigenvalue weighted by molar-refractivity contribution is 5.91. The summed E-state index contributed by atoms with van der Waals surface area (Å²) < 4.78 is 0. The molecule has 0 fully saturated rings. The van der Waals surface area contributed by atoms with Gasteiger partial charge in [0.05, 0.1) is 6.21 Å². The molecule has 1 unspecified atom stereocenters. The first-order valence-corrected chi connectivity index (χ1v) is 6.75. The maximum absolute atomic E-state index is 4.37. The first-order valence-electron chi connectivity index (χ1n) is 6.75. The second-order valence-electron chi connectivity index (χ2n) is 4.81. The molecule has 18 heavy (non-hydrogen) atoms. The summed E-state index contributed by atoms with van der Waals surface area (Å²) in [4.78, 5) is 7.77. The number of hydrogen-bond donors (Lipinski definition) is 1. The first-order chi connectivity index (χ1) is 8.62. The topological polar surface area (TPSA) is 26.3 Å². The van der Waals surface area contributed by atoms with E-state index in [1.165, 1.54) is 17.2 Å². The summed E-state index contributed by atoms with van der Waals surface area (Å²) >= 11 is 0. The number of amidine groups is 1. The van der Waals surface area contributed by atoms with Gasteiger partial charge in [-0.05, 0) is 25.7 Å².